The molecule has 0 bridgehead atoms. The Morgan fingerprint density at radius 2 is 2.00 bits per heavy atom. The van der Waals surface area contributed by atoms with Gasteiger partial charge in [0.25, 0.3) is 0 Å². The van der Waals surface area contributed by atoms with E-state index in [1.165, 1.54) is 35.6 Å². The fourth-order valence-electron chi connectivity index (χ4n) is 2.10. The maximum Gasteiger partial charge on any atom is 0.0598 e. The molecule has 0 aromatic carbocycles. The van der Waals surface area contributed by atoms with E-state index in [1.807, 2.05) is 23.1 Å². The number of rotatable bonds is 8. The SMILES string of the molecule is CCCC(CS)(CCC)CSc1cccs1. The van der Waals surface area contributed by atoms with Gasteiger partial charge >= 0.3 is 0 Å². The second-order valence-electron chi connectivity index (χ2n) is 4.38. The summed E-state index contributed by atoms with van der Waals surface area (Å²) in [6.07, 6.45) is 5.16. The van der Waals surface area contributed by atoms with Gasteiger partial charge < -0.3 is 0 Å². The summed E-state index contributed by atoms with van der Waals surface area (Å²) in [4.78, 5) is 0. The molecule has 0 N–H and O–H groups in total. The Kier molecular flexibility index (Phi) is 6.94. The highest BCUT2D eigenvalue weighted by molar-refractivity contribution is 8.01. The highest BCUT2D eigenvalue weighted by atomic mass is 32.2. The smallest absolute Gasteiger partial charge is 0.0598 e. The number of hydrogen-bond donors (Lipinski definition) is 1. The minimum Gasteiger partial charge on any atom is -0.179 e. The molecule has 0 saturated carbocycles. The van der Waals surface area contributed by atoms with E-state index in [0.29, 0.717) is 5.41 Å². The quantitative estimate of drug-likeness (QED) is 0.492. The topological polar surface area (TPSA) is 0 Å². The zero-order valence-corrected chi connectivity index (χ0v) is 12.8. The van der Waals surface area contributed by atoms with Crippen LogP contribution in [0.3, 0.4) is 0 Å². The van der Waals surface area contributed by atoms with E-state index in [1.54, 1.807) is 0 Å². The Morgan fingerprint density at radius 3 is 2.44 bits per heavy atom. The average Bonchev–Trinajstić information content (AvgIpc) is 2.79. The Labute approximate surface area is 114 Å². The first-order valence-electron chi connectivity index (χ1n) is 6.03. The highest BCUT2D eigenvalue weighted by Gasteiger charge is 2.26. The van der Waals surface area contributed by atoms with Crippen molar-refractivity contribution in [3.8, 4) is 0 Å². The van der Waals surface area contributed by atoms with Crippen molar-refractivity contribution in [1.82, 2.24) is 0 Å². The predicted octanol–water partition coefficient (Wildman–Crippen LogP) is 5.36. The van der Waals surface area contributed by atoms with Gasteiger partial charge in [-0.15, -0.1) is 23.1 Å². The number of thiophene rings is 1. The molecule has 16 heavy (non-hydrogen) atoms. The summed E-state index contributed by atoms with van der Waals surface area (Å²) in [5.74, 6) is 2.24. The molecule has 0 radical (unpaired) electrons. The van der Waals surface area contributed by atoms with Crippen LogP contribution in [-0.2, 0) is 0 Å². The third kappa shape index (κ3) is 4.34. The van der Waals surface area contributed by atoms with E-state index < -0.39 is 0 Å². The lowest BCUT2D eigenvalue weighted by Crippen LogP contribution is -2.25. The molecule has 0 spiro atoms. The molecule has 0 atom stereocenters. The van der Waals surface area contributed by atoms with Gasteiger partial charge in [0.05, 0.1) is 4.21 Å². The molecule has 1 aromatic heterocycles. The molecule has 0 amide bonds. The molecular weight excluding hydrogens is 252 g/mol. The number of thioether (sulfide) groups is 1. The summed E-state index contributed by atoms with van der Waals surface area (Å²) >= 11 is 8.45. The summed E-state index contributed by atoms with van der Waals surface area (Å²) < 4.78 is 1.44. The largest absolute Gasteiger partial charge is 0.179 e. The van der Waals surface area contributed by atoms with Crippen molar-refractivity contribution in [3.05, 3.63) is 17.5 Å². The third-order valence-corrected chi connectivity index (χ3v) is 6.06. The van der Waals surface area contributed by atoms with Gasteiger partial charge in [-0.25, -0.2) is 0 Å². The Balaban J connectivity index is 2.54. The van der Waals surface area contributed by atoms with E-state index in [2.05, 4.69) is 44.0 Å². The lowest BCUT2D eigenvalue weighted by molar-refractivity contribution is 0.318. The Morgan fingerprint density at radius 1 is 1.31 bits per heavy atom. The van der Waals surface area contributed by atoms with Gasteiger partial charge in [-0.05, 0) is 35.5 Å². The first kappa shape index (κ1) is 14.5. The van der Waals surface area contributed by atoms with Crippen LogP contribution in [0.25, 0.3) is 0 Å². The molecule has 0 aliphatic heterocycles. The predicted molar refractivity (Wildman–Crippen MR) is 81.1 cm³/mol. The van der Waals surface area contributed by atoms with Crippen molar-refractivity contribution in [2.24, 2.45) is 5.41 Å². The van der Waals surface area contributed by atoms with Gasteiger partial charge in [0.15, 0.2) is 0 Å². The minimum absolute atomic E-state index is 0.446. The summed E-state index contributed by atoms with van der Waals surface area (Å²) in [5.41, 5.74) is 0.446. The van der Waals surface area contributed by atoms with Crippen molar-refractivity contribution in [2.75, 3.05) is 11.5 Å². The molecular formula is C13H22S3. The number of thiol groups is 1. The van der Waals surface area contributed by atoms with E-state index in [0.717, 1.165) is 5.75 Å². The van der Waals surface area contributed by atoms with E-state index in [9.17, 15) is 0 Å². The van der Waals surface area contributed by atoms with Gasteiger partial charge in [-0.2, -0.15) is 12.6 Å². The van der Waals surface area contributed by atoms with Crippen molar-refractivity contribution in [1.29, 1.82) is 0 Å². The van der Waals surface area contributed by atoms with E-state index in [-0.39, 0.29) is 0 Å². The number of hydrogen-bond acceptors (Lipinski definition) is 3. The molecule has 1 heterocycles. The second-order valence-corrected chi connectivity index (χ2v) is 6.92. The van der Waals surface area contributed by atoms with Crippen LogP contribution in [0.15, 0.2) is 21.7 Å². The summed E-state index contributed by atoms with van der Waals surface area (Å²) in [6, 6.07) is 4.35. The van der Waals surface area contributed by atoms with Crippen LogP contribution in [0.4, 0.5) is 0 Å². The Hall–Kier alpha value is 0.400. The van der Waals surface area contributed by atoms with Crippen LogP contribution >= 0.6 is 35.7 Å². The second kappa shape index (κ2) is 7.67. The molecule has 0 saturated heterocycles. The van der Waals surface area contributed by atoms with Crippen molar-refractivity contribution < 1.29 is 0 Å². The molecule has 1 rings (SSSR count). The molecule has 0 fully saturated rings. The first-order valence-corrected chi connectivity index (χ1v) is 8.53. The standard InChI is InChI=1S/C13H22S3/c1-3-7-13(10-14,8-4-2)11-16-12-6-5-9-15-12/h5-6,9,14H,3-4,7-8,10-11H2,1-2H3. The fourth-order valence-corrected chi connectivity index (χ4v) is 4.76. The Bertz CT molecular complexity index is 261. The highest BCUT2D eigenvalue weighted by Crippen LogP contribution is 2.38. The maximum atomic E-state index is 4.59. The van der Waals surface area contributed by atoms with Crippen LogP contribution in [-0.4, -0.2) is 11.5 Å². The van der Waals surface area contributed by atoms with Crippen molar-refractivity contribution in [3.63, 3.8) is 0 Å². The molecule has 1 aromatic rings. The van der Waals surface area contributed by atoms with Gasteiger partial charge in [-0.1, -0.05) is 32.8 Å². The third-order valence-electron chi connectivity index (χ3n) is 2.91. The molecule has 0 aliphatic rings. The van der Waals surface area contributed by atoms with Gasteiger partial charge in [-0.3, -0.25) is 0 Å². The first-order chi connectivity index (χ1) is 7.76. The summed E-state index contributed by atoms with van der Waals surface area (Å²) in [7, 11) is 0. The van der Waals surface area contributed by atoms with Crippen LogP contribution in [0.5, 0.6) is 0 Å². The molecule has 3 heteroatoms. The normalized spacial score (nSPS) is 11.9. The van der Waals surface area contributed by atoms with E-state index in [4.69, 9.17) is 0 Å². The van der Waals surface area contributed by atoms with Crippen LogP contribution in [0.1, 0.15) is 39.5 Å². The fraction of sp³-hybridized carbons (Fsp3) is 0.692. The van der Waals surface area contributed by atoms with Crippen molar-refractivity contribution >= 4 is 35.7 Å². The molecule has 92 valence electrons. The van der Waals surface area contributed by atoms with Crippen LogP contribution in [0, 0.1) is 5.41 Å². The lowest BCUT2D eigenvalue weighted by Gasteiger charge is -2.31. The van der Waals surface area contributed by atoms with Gasteiger partial charge in [0, 0.05) is 5.75 Å². The molecule has 0 unspecified atom stereocenters. The maximum absolute atomic E-state index is 4.59. The average molecular weight is 275 g/mol. The minimum atomic E-state index is 0.446. The lowest BCUT2D eigenvalue weighted by atomic mass is 9.83. The van der Waals surface area contributed by atoms with Crippen LogP contribution in [0.2, 0.25) is 0 Å². The zero-order valence-electron chi connectivity index (χ0n) is 10.2. The van der Waals surface area contributed by atoms with Crippen LogP contribution < -0.4 is 0 Å². The molecule has 0 aliphatic carbocycles. The van der Waals surface area contributed by atoms with Gasteiger partial charge in [0.1, 0.15) is 0 Å². The summed E-state index contributed by atoms with van der Waals surface area (Å²) in [6.45, 7) is 4.56. The van der Waals surface area contributed by atoms with E-state index >= 15 is 0 Å². The summed E-state index contributed by atoms with van der Waals surface area (Å²) in [5, 5.41) is 2.16. The zero-order chi connectivity index (χ0) is 11.9. The molecule has 0 nitrogen and oxygen atoms in total. The van der Waals surface area contributed by atoms with Gasteiger partial charge in [0.2, 0.25) is 0 Å². The van der Waals surface area contributed by atoms with Crippen molar-refractivity contribution in [2.45, 2.75) is 43.7 Å². The monoisotopic (exact) mass is 274 g/mol.